The predicted octanol–water partition coefficient (Wildman–Crippen LogP) is -0.773. The molecule has 0 fully saturated rings. The molecule has 0 bridgehead atoms. The highest BCUT2D eigenvalue weighted by molar-refractivity contribution is 4.85. The van der Waals surface area contributed by atoms with E-state index in [0.717, 1.165) is 4.57 Å². The molecule has 1 aromatic heterocycles. The summed E-state index contributed by atoms with van der Waals surface area (Å²) < 4.78 is 17.8. The van der Waals surface area contributed by atoms with E-state index >= 15 is 0 Å². The van der Waals surface area contributed by atoms with E-state index in [9.17, 15) is 9.59 Å². The van der Waals surface area contributed by atoms with Gasteiger partial charge >= 0.3 is 5.69 Å². The minimum absolute atomic E-state index is 0.240. The maximum Gasteiger partial charge on any atom is 0.330 e. The zero-order valence-electron chi connectivity index (χ0n) is 11.3. The molecule has 0 saturated carbocycles. The van der Waals surface area contributed by atoms with Crippen LogP contribution in [0.3, 0.4) is 0 Å². The molecule has 1 rings (SSSR count). The molecule has 0 aliphatic rings. The Bertz CT molecular complexity index is 480. The van der Waals surface area contributed by atoms with Gasteiger partial charge in [0, 0.05) is 26.4 Å². The summed E-state index contributed by atoms with van der Waals surface area (Å²) in [4.78, 5) is 23.1. The molecule has 7 nitrogen and oxygen atoms in total. The number of aromatic nitrogens is 2. The van der Waals surface area contributed by atoms with Gasteiger partial charge in [0.1, 0.15) is 0 Å². The van der Waals surface area contributed by atoms with E-state index in [1.807, 2.05) is 0 Å². The molecule has 19 heavy (non-hydrogen) atoms. The Morgan fingerprint density at radius 3 is 2.37 bits per heavy atom. The van der Waals surface area contributed by atoms with E-state index in [0.29, 0.717) is 33.0 Å². The number of hydrogen-bond donors (Lipinski definition) is 0. The molecule has 0 saturated heterocycles. The van der Waals surface area contributed by atoms with Gasteiger partial charge < -0.3 is 18.8 Å². The molecular weight excluding hydrogens is 252 g/mol. The van der Waals surface area contributed by atoms with Crippen molar-refractivity contribution in [3.63, 3.8) is 0 Å². The third kappa shape index (κ3) is 5.37. The lowest BCUT2D eigenvalue weighted by Crippen LogP contribution is -2.38. The summed E-state index contributed by atoms with van der Waals surface area (Å²) >= 11 is 0. The summed E-state index contributed by atoms with van der Waals surface area (Å²) in [6.07, 6.45) is 1.45. The molecule has 108 valence electrons. The van der Waals surface area contributed by atoms with Crippen LogP contribution in [-0.2, 0) is 27.8 Å². The molecule has 1 heterocycles. The van der Waals surface area contributed by atoms with Crippen LogP contribution in [0, 0.1) is 0 Å². The fourth-order valence-corrected chi connectivity index (χ4v) is 1.44. The zero-order chi connectivity index (χ0) is 14.1. The zero-order valence-corrected chi connectivity index (χ0v) is 11.3. The van der Waals surface area contributed by atoms with Crippen molar-refractivity contribution in [2.45, 2.75) is 6.54 Å². The standard InChI is InChI=1S/C12H20N2O5/c1-13-4-3-11(15)14(12(13)16)5-6-18-9-10-19-8-7-17-2/h3-4H,5-10H2,1-2H3. The SMILES string of the molecule is COCCOCCOCCn1c(=O)ccn(C)c1=O. The van der Waals surface area contributed by atoms with Gasteiger partial charge in [-0.3, -0.25) is 9.36 Å². The van der Waals surface area contributed by atoms with E-state index in [4.69, 9.17) is 14.2 Å². The van der Waals surface area contributed by atoms with Gasteiger partial charge in [0.25, 0.3) is 5.56 Å². The fourth-order valence-electron chi connectivity index (χ4n) is 1.44. The van der Waals surface area contributed by atoms with Gasteiger partial charge in [0.05, 0.1) is 39.6 Å². The fraction of sp³-hybridized carbons (Fsp3) is 0.667. The van der Waals surface area contributed by atoms with Crippen molar-refractivity contribution in [1.82, 2.24) is 9.13 Å². The predicted molar refractivity (Wildman–Crippen MR) is 69.5 cm³/mol. The average Bonchev–Trinajstić information content (AvgIpc) is 2.40. The van der Waals surface area contributed by atoms with Crippen LogP contribution in [0.1, 0.15) is 0 Å². The van der Waals surface area contributed by atoms with Gasteiger partial charge in [-0.1, -0.05) is 0 Å². The maximum atomic E-state index is 11.7. The Kier molecular flexibility index (Phi) is 7.09. The Labute approximate surface area is 111 Å². The summed E-state index contributed by atoms with van der Waals surface area (Å²) in [7, 11) is 3.21. The molecule has 0 amide bonds. The quantitative estimate of drug-likeness (QED) is 0.552. The van der Waals surface area contributed by atoms with Crippen molar-refractivity contribution in [3.05, 3.63) is 33.1 Å². The lowest BCUT2D eigenvalue weighted by Gasteiger charge is -2.07. The third-order valence-electron chi connectivity index (χ3n) is 2.50. The highest BCUT2D eigenvalue weighted by Gasteiger charge is 2.02. The van der Waals surface area contributed by atoms with Crippen molar-refractivity contribution >= 4 is 0 Å². The monoisotopic (exact) mass is 272 g/mol. The first-order valence-corrected chi connectivity index (χ1v) is 6.07. The largest absolute Gasteiger partial charge is 0.382 e. The maximum absolute atomic E-state index is 11.7. The van der Waals surface area contributed by atoms with Crippen LogP contribution in [-0.4, -0.2) is 49.3 Å². The van der Waals surface area contributed by atoms with Crippen molar-refractivity contribution in [3.8, 4) is 0 Å². The summed E-state index contributed by atoms with van der Waals surface area (Å²) in [6.45, 7) is 2.50. The number of nitrogens with zero attached hydrogens (tertiary/aromatic N) is 2. The number of aryl methyl sites for hydroxylation is 1. The van der Waals surface area contributed by atoms with Gasteiger partial charge in [0.15, 0.2) is 0 Å². The van der Waals surface area contributed by atoms with Gasteiger partial charge in [-0.2, -0.15) is 0 Å². The molecular formula is C12H20N2O5. The highest BCUT2D eigenvalue weighted by Crippen LogP contribution is 1.82. The lowest BCUT2D eigenvalue weighted by molar-refractivity contribution is 0.0227. The smallest absolute Gasteiger partial charge is 0.330 e. The molecule has 0 unspecified atom stereocenters. The van der Waals surface area contributed by atoms with Gasteiger partial charge in [0.2, 0.25) is 0 Å². The van der Waals surface area contributed by atoms with E-state index < -0.39 is 0 Å². The Balaban J connectivity index is 2.25. The van der Waals surface area contributed by atoms with Crippen molar-refractivity contribution in [2.75, 3.05) is 40.1 Å². The van der Waals surface area contributed by atoms with E-state index in [1.54, 1.807) is 14.2 Å². The second-order valence-electron chi connectivity index (χ2n) is 3.92. The molecule has 0 aliphatic heterocycles. The minimum Gasteiger partial charge on any atom is -0.382 e. The van der Waals surface area contributed by atoms with Crippen molar-refractivity contribution in [1.29, 1.82) is 0 Å². The van der Waals surface area contributed by atoms with Crippen LogP contribution in [0.2, 0.25) is 0 Å². The van der Waals surface area contributed by atoms with Crippen molar-refractivity contribution < 1.29 is 14.2 Å². The van der Waals surface area contributed by atoms with Crippen LogP contribution < -0.4 is 11.2 Å². The topological polar surface area (TPSA) is 71.7 Å². The minimum atomic E-state index is -0.340. The second kappa shape index (κ2) is 8.63. The first kappa shape index (κ1) is 15.6. The Hall–Kier alpha value is -1.44. The summed E-state index contributed by atoms with van der Waals surface area (Å²) in [5.41, 5.74) is -0.657. The summed E-state index contributed by atoms with van der Waals surface area (Å²) in [6, 6.07) is 1.36. The molecule has 1 aromatic rings. The summed E-state index contributed by atoms with van der Waals surface area (Å²) in [5.74, 6) is 0. The number of rotatable bonds is 9. The van der Waals surface area contributed by atoms with E-state index in [1.165, 1.54) is 16.8 Å². The first-order valence-electron chi connectivity index (χ1n) is 6.07. The number of ether oxygens (including phenoxy) is 3. The summed E-state index contributed by atoms with van der Waals surface area (Å²) in [5, 5.41) is 0. The van der Waals surface area contributed by atoms with Gasteiger partial charge in [-0.25, -0.2) is 4.79 Å². The van der Waals surface area contributed by atoms with Crippen LogP contribution in [0.25, 0.3) is 0 Å². The van der Waals surface area contributed by atoms with E-state index in [-0.39, 0.29) is 17.8 Å². The van der Waals surface area contributed by atoms with Crippen LogP contribution in [0.4, 0.5) is 0 Å². The van der Waals surface area contributed by atoms with Gasteiger partial charge in [-0.05, 0) is 0 Å². The first-order chi connectivity index (χ1) is 9.16. The lowest BCUT2D eigenvalue weighted by atomic mass is 10.5. The molecule has 0 atom stereocenters. The third-order valence-corrected chi connectivity index (χ3v) is 2.50. The highest BCUT2D eigenvalue weighted by atomic mass is 16.5. The number of methoxy groups -OCH3 is 1. The van der Waals surface area contributed by atoms with E-state index in [2.05, 4.69) is 0 Å². The van der Waals surface area contributed by atoms with Crippen LogP contribution in [0.15, 0.2) is 21.9 Å². The van der Waals surface area contributed by atoms with Crippen molar-refractivity contribution in [2.24, 2.45) is 7.05 Å². The molecule has 0 spiro atoms. The molecule has 7 heteroatoms. The molecule has 0 radical (unpaired) electrons. The number of hydrogen-bond acceptors (Lipinski definition) is 5. The van der Waals surface area contributed by atoms with Gasteiger partial charge in [-0.15, -0.1) is 0 Å². The van der Waals surface area contributed by atoms with Crippen LogP contribution >= 0.6 is 0 Å². The Morgan fingerprint density at radius 2 is 1.68 bits per heavy atom. The van der Waals surface area contributed by atoms with Crippen LogP contribution in [0.5, 0.6) is 0 Å². The average molecular weight is 272 g/mol. The molecule has 0 aromatic carbocycles. The molecule has 0 aliphatic carbocycles. The molecule has 0 N–H and O–H groups in total. The second-order valence-corrected chi connectivity index (χ2v) is 3.92. The Morgan fingerprint density at radius 1 is 1.05 bits per heavy atom. The normalized spacial score (nSPS) is 10.8.